The molecule has 9 heteroatoms. The highest BCUT2D eigenvalue weighted by atomic mass is 32.1. The molecule has 0 saturated heterocycles. The molecule has 0 unspecified atom stereocenters. The van der Waals surface area contributed by atoms with E-state index in [2.05, 4.69) is 5.32 Å². The maximum absolute atomic E-state index is 13.5. The molecule has 0 saturated carbocycles. The lowest BCUT2D eigenvalue weighted by Gasteiger charge is -2.18. The van der Waals surface area contributed by atoms with E-state index >= 15 is 0 Å². The van der Waals surface area contributed by atoms with Crippen molar-refractivity contribution in [3.63, 3.8) is 0 Å². The zero-order valence-electron chi connectivity index (χ0n) is 20.5. The Balaban J connectivity index is 1.39. The lowest BCUT2D eigenvalue weighted by Crippen LogP contribution is -2.25. The fourth-order valence-electron chi connectivity index (χ4n) is 3.96. The highest BCUT2D eigenvalue weighted by Gasteiger charge is 2.18. The van der Waals surface area contributed by atoms with Crippen LogP contribution in [0.25, 0.3) is 11.3 Å². The van der Waals surface area contributed by atoms with Crippen LogP contribution in [0.2, 0.25) is 0 Å². The van der Waals surface area contributed by atoms with Crippen molar-refractivity contribution in [2.24, 2.45) is 10.1 Å². The van der Waals surface area contributed by atoms with Crippen molar-refractivity contribution in [1.82, 2.24) is 4.68 Å². The van der Waals surface area contributed by atoms with E-state index in [0.717, 1.165) is 22.6 Å². The van der Waals surface area contributed by atoms with E-state index in [1.165, 1.54) is 23.5 Å². The molecule has 192 valence electrons. The Labute approximate surface area is 227 Å². The molecular formula is C30H21FN4O3S. The van der Waals surface area contributed by atoms with Crippen molar-refractivity contribution in [2.75, 3.05) is 11.9 Å². The third kappa shape index (κ3) is 5.63. The van der Waals surface area contributed by atoms with Crippen LogP contribution < -0.4 is 19.6 Å². The Kier molecular flexibility index (Phi) is 6.71. The SMILES string of the molecule is O=C1COc2ccc(-c3csc(=Nc4ccc(F)cc4)n3N=Cc3cccc(Oc4ccccc4)c3)cc2N1. The Morgan fingerprint density at radius 2 is 1.77 bits per heavy atom. The molecule has 5 aromatic rings. The number of benzene rings is 4. The predicted molar refractivity (Wildman–Crippen MR) is 149 cm³/mol. The summed E-state index contributed by atoms with van der Waals surface area (Å²) in [4.78, 5) is 17.1. The Morgan fingerprint density at radius 1 is 0.949 bits per heavy atom. The van der Waals surface area contributed by atoms with Gasteiger partial charge in [0.15, 0.2) is 6.61 Å². The van der Waals surface area contributed by atoms with Crippen LogP contribution in [-0.4, -0.2) is 23.4 Å². The molecule has 4 aromatic carbocycles. The van der Waals surface area contributed by atoms with Crippen LogP contribution in [0.4, 0.5) is 15.8 Å². The second-order valence-electron chi connectivity index (χ2n) is 8.58. The van der Waals surface area contributed by atoms with Gasteiger partial charge in [-0.3, -0.25) is 4.79 Å². The number of halogens is 1. The van der Waals surface area contributed by atoms with E-state index in [1.807, 2.05) is 78.2 Å². The van der Waals surface area contributed by atoms with E-state index in [1.54, 1.807) is 23.0 Å². The third-order valence-electron chi connectivity index (χ3n) is 5.80. The molecule has 6 rings (SSSR count). The van der Waals surface area contributed by atoms with Gasteiger partial charge in [0.1, 0.15) is 23.1 Å². The molecule has 39 heavy (non-hydrogen) atoms. The number of rotatable bonds is 6. The molecular weight excluding hydrogens is 515 g/mol. The number of hydrogen-bond donors (Lipinski definition) is 1. The topological polar surface area (TPSA) is 77.2 Å². The summed E-state index contributed by atoms with van der Waals surface area (Å²) in [6.07, 6.45) is 1.72. The van der Waals surface area contributed by atoms with Gasteiger partial charge in [-0.25, -0.2) is 14.1 Å². The van der Waals surface area contributed by atoms with Crippen LogP contribution in [0, 0.1) is 5.82 Å². The quantitative estimate of drug-likeness (QED) is 0.249. The van der Waals surface area contributed by atoms with Gasteiger partial charge >= 0.3 is 0 Å². The lowest BCUT2D eigenvalue weighted by atomic mass is 10.1. The molecule has 1 aliphatic rings. The van der Waals surface area contributed by atoms with Crippen LogP contribution in [0.5, 0.6) is 17.2 Å². The highest BCUT2D eigenvalue weighted by molar-refractivity contribution is 7.07. The molecule has 0 fully saturated rings. The van der Waals surface area contributed by atoms with E-state index in [0.29, 0.717) is 27.7 Å². The number of aromatic nitrogens is 1. The van der Waals surface area contributed by atoms with Crippen molar-refractivity contribution in [1.29, 1.82) is 0 Å². The van der Waals surface area contributed by atoms with Crippen molar-refractivity contribution >= 4 is 34.8 Å². The summed E-state index contributed by atoms with van der Waals surface area (Å²) in [5, 5.41) is 9.54. The van der Waals surface area contributed by atoms with Crippen LogP contribution in [0.1, 0.15) is 5.56 Å². The Bertz CT molecular complexity index is 1740. The zero-order valence-corrected chi connectivity index (χ0v) is 21.3. The number of para-hydroxylation sites is 1. The molecule has 2 heterocycles. The molecule has 1 N–H and O–H groups in total. The van der Waals surface area contributed by atoms with Gasteiger partial charge in [-0.1, -0.05) is 30.3 Å². The number of thiazole rings is 1. The summed E-state index contributed by atoms with van der Waals surface area (Å²) in [7, 11) is 0. The Morgan fingerprint density at radius 3 is 2.62 bits per heavy atom. The number of hydrogen-bond acceptors (Lipinski definition) is 6. The monoisotopic (exact) mass is 536 g/mol. The average Bonchev–Trinajstić information content (AvgIpc) is 3.35. The minimum absolute atomic E-state index is 0.0111. The number of ether oxygens (including phenoxy) is 2. The zero-order chi connectivity index (χ0) is 26.6. The number of nitrogens with one attached hydrogen (secondary N) is 1. The van der Waals surface area contributed by atoms with Gasteiger partial charge in [-0.05, 0) is 72.3 Å². The average molecular weight is 537 g/mol. The van der Waals surface area contributed by atoms with Gasteiger partial charge in [0.05, 0.1) is 23.3 Å². The third-order valence-corrected chi connectivity index (χ3v) is 6.62. The van der Waals surface area contributed by atoms with Crippen LogP contribution in [0.3, 0.4) is 0 Å². The highest BCUT2D eigenvalue weighted by Crippen LogP contribution is 2.33. The number of nitrogens with zero attached hydrogens (tertiary/aromatic N) is 3. The second kappa shape index (κ2) is 10.8. The fourth-order valence-corrected chi connectivity index (χ4v) is 4.82. The fraction of sp³-hybridized carbons (Fsp3) is 0.0333. The van der Waals surface area contributed by atoms with Gasteiger partial charge in [-0.15, -0.1) is 11.3 Å². The molecule has 1 aromatic heterocycles. The summed E-state index contributed by atoms with van der Waals surface area (Å²) >= 11 is 1.39. The van der Waals surface area contributed by atoms with Crippen molar-refractivity contribution in [3.05, 3.63) is 119 Å². The van der Waals surface area contributed by atoms with Crippen molar-refractivity contribution in [2.45, 2.75) is 0 Å². The predicted octanol–water partition coefficient (Wildman–Crippen LogP) is 6.59. The normalized spacial score (nSPS) is 13.2. The minimum atomic E-state index is -0.331. The first-order valence-electron chi connectivity index (χ1n) is 12.1. The lowest BCUT2D eigenvalue weighted by molar-refractivity contribution is -0.118. The molecule has 0 bridgehead atoms. The van der Waals surface area contributed by atoms with Gasteiger partial charge in [0.2, 0.25) is 4.80 Å². The first kappa shape index (κ1) is 24.3. The van der Waals surface area contributed by atoms with E-state index in [-0.39, 0.29) is 18.3 Å². The number of carbonyl (C=O) groups is 1. The number of fused-ring (bicyclic) bond motifs is 1. The maximum Gasteiger partial charge on any atom is 0.262 e. The molecule has 1 aliphatic heterocycles. The van der Waals surface area contributed by atoms with E-state index in [9.17, 15) is 9.18 Å². The second-order valence-corrected chi connectivity index (χ2v) is 9.42. The van der Waals surface area contributed by atoms with Gasteiger partial charge in [0.25, 0.3) is 5.91 Å². The summed E-state index contributed by atoms with van der Waals surface area (Å²) in [6.45, 7) is -0.0111. The van der Waals surface area contributed by atoms with Gasteiger partial charge in [0, 0.05) is 10.9 Å². The van der Waals surface area contributed by atoms with Crippen LogP contribution in [0.15, 0.2) is 113 Å². The van der Waals surface area contributed by atoms with Crippen molar-refractivity contribution < 1.29 is 18.7 Å². The molecule has 0 spiro atoms. The first-order valence-corrected chi connectivity index (χ1v) is 12.9. The minimum Gasteiger partial charge on any atom is -0.482 e. The van der Waals surface area contributed by atoms with E-state index < -0.39 is 0 Å². The molecule has 0 aliphatic carbocycles. The number of carbonyl (C=O) groups excluding carboxylic acids is 1. The van der Waals surface area contributed by atoms with Gasteiger partial charge in [-0.2, -0.15) is 5.10 Å². The number of anilines is 1. The van der Waals surface area contributed by atoms with Crippen LogP contribution in [-0.2, 0) is 4.79 Å². The molecule has 0 radical (unpaired) electrons. The van der Waals surface area contributed by atoms with Crippen molar-refractivity contribution in [3.8, 4) is 28.5 Å². The maximum atomic E-state index is 13.5. The summed E-state index contributed by atoms with van der Waals surface area (Å²) in [6, 6.07) is 28.7. The largest absolute Gasteiger partial charge is 0.482 e. The Hall–Kier alpha value is -5.02. The summed E-state index contributed by atoms with van der Waals surface area (Å²) in [5.74, 6) is 1.49. The number of amides is 1. The summed E-state index contributed by atoms with van der Waals surface area (Å²) in [5.41, 5.74) is 3.59. The molecule has 1 amide bonds. The van der Waals surface area contributed by atoms with E-state index in [4.69, 9.17) is 19.6 Å². The summed E-state index contributed by atoms with van der Waals surface area (Å²) < 4.78 is 26.6. The van der Waals surface area contributed by atoms with Crippen LogP contribution >= 0.6 is 11.3 Å². The molecule has 7 nitrogen and oxygen atoms in total. The van der Waals surface area contributed by atoms with Gasteiger partial charge < -0.3 is 14.8 Å². The standard InChI is InChI=1S/C30H21FN4O3S/c31-22-10-12-23(13-11-22)33-30-35(27(19-39-30)21-9-14-28-26(16-21)34-29(36)18-37-28)32-17-20-5-4-8-25(15-20)38-24-6-2-1-3-7-24/h1-17,19H,18H2,(H,34,36). The molecule has 0 atom stereocenters. The smallest absolute Gasteiger partial charge is 0.262 e. The first-order chi connectivity index (χ1) is 19.1.